The van der Waals surface area contributed by atoms with Crippen molar-refractivity contribution in [1.29, 1.82) is 0 Å². The van der Waals surface area contributed by atoms with E-state index in [9.17, 15) is 0 Å². The largest absolute Gasteiger partial charge is 0.382 e. The van der Waals surface area contributed by atoms with Crippen LogP contribution in [0.3, 0.4) is 0 Å². The Morgan fingerprint density at radius 1 is 1.00 bits per heavy atom. The fraction of sp³-hybridized carbons (Fsp3) is 0.391. The summed E-state index contributed by atoms with van der Waals surface area (Å²) in [6.45, 7) is 2.13. The number of nitrogens with one attached hydrogen (secondary N) is 3. The number of rotatable bonds is 1. The molecule has 2 bridgehead atoms. The van der Waals surface area contributed by atoms with Crippen molar-refractivity contribution in [2.75, 3.05) is 11.1 Å². The minimum Gasteiger partial charge on any atom is -0.382 e. The van der Waals surface area contributed by atoms with Gasteiger partial charge >= 0.3 is 0 Å². The molecule has 0 saturated heterocycles. The van der Waals surface area contributed by atoms with Crippen LogP contribution in [0.25, 0.3) is 21.8 Å². The van der Waals surface area contributed by atoms with Crippen molar-refractivity contribution >= 4 is 33.3 Å². The lowest BCUT2D eigenvalue weighted by atomic mass is 9.67. The Hall–Kier alpha value is -3.02. The van der Waals surface area contributed by atoms with Gasteiger partial charge in [-0.05, 0) is 85.3 Å². The van der Waals surface area contributed by atoms with Crippen molar-refractivity contribution in [3.63, 3.8) is 0 Å². The van der Waals surface area contributed by atoms with Gasteiger partial charge in [0.15, 0.2) is 5.82 Å². The van der Waals surface area contributed by atoms with Gasteiger partial charge in [-0.2, -0.15) is 10.2 Å². The van der Waals surface area contributed by atoms with E-state index in [1.807, 2.05) is 0 Å². The smallest absolute Gasteiger partial charge is 0.153 e. The predicted molar refractivity (Wildman–Crippen MR) is 115 cm³/mol. The van der Waals surface area contributed by atoms with Crippen molar-refractivity contribution < 1.29 is 0 Å². The van der Waals surface area contributed by atoms with Gasteiger partial charge < -0.3 is 11.1 Å². The highest BCUT2D eigenvalue weighted by molar-refractivity contribution is 5.92. The van der Waals surface area contributed by atoms with E-state index in [0.29, 0.717) is 23.7 Å². The highest BCUT2D eigenvalue weighted by Gasteiger charge is 2.54. The number of benzene rings is 2. The van der Waals surface area contributed by atoms with Crippen LogP contribution in [0.15, 0.2) is 30.3 Å². The summed E-state index contributed by atoms with van der Waals surface area (Å²) in [5.74, 6) is 3.38. The third-order valence-electron chi connectivity index (χ3n) is 7.94. The number of nitrogens with two attached hydrogens (primary N) is 1. The van der Waals surface area contributed by atoms with E-state index in [0.717, 1.165) is 33.9 Å². The van der Waals surface area contributed by atoms with Crippen molar-refractivity contribution in [2.24, 2.45) is 17.8 Å². The monoisotopic (exact) mass is 384 g/mol. The molecule has 5 atom stereocenters. The quantitative estimate of drug-likeness (QED) is 0.385. The van der Waals surface area contributed by atoms with Crippen LogP contribution < -0.4 is 11.1 Å². The highest BCUT2D eigenvalue weighted by Crippen LogP contribution is 2.64. The number of nitrogen functional groups attached to an aromatic ring is 1. The van der Waals surface area contributed by atoms with Gasteiger partial charge in [-0.1, -0.05) is 6.07 Å². The Kier molecular flexibility index (Phi) is 2.91. The number of aryl methyl sites for hydroxylation is 1. The van der Waals surface area contributed by atoms with Gasteiger partial charge in [0.05, 0.1) is 22.8 Å². The van der Waals surface area contributed by atoms with Gasteiger partial charge in [0.1, 0.15) is 0 Å². The summed E-state index contributed by atoms with van der Waals surface area (Å²) >= 11 is 0. The first kappa shape index (κ1) is 15.9. The summed E-state index contributed by atoms with van der Waals surface area (Å²) in [6, 6.07) is 11.3. The zero-order valence-corrected chi connectivity index (χ0v) is 16.4. The maximum atomic E-state index is 6.11. The molecule has 6 heteroatoms. The molecule has 3 aliphatic rings. The van der Waals surface area contributed by atoms with Crippen LogP contribution in [0, 0.1) is 24.7 Å². The molecule has 2 aliphatic carbocycles. The minimum absolute atomic E-state index is 0.311. The Bertz CT molecular complexity index is 1280. The molecule has 7 rings (SSSR count). The SMILES string of the molecule is Cc1n[nH]c2ccc3c(c12)[C@H]1C2CC[C@@H](C2)[C@H]1[C@H](c1ccc2[nH]nc(N)c2c1)N3. The van der Waals surface area contributed by atoms with Crippen LogP contribution in [0.2, 0.25) is 0 Å². The number of fused-ring (bicyclic) bond motifs is 10. The summed E-state index contributed by atoms with van der Waals surface area (Å²) < 4.78 is 0. The average Bonchev–Trinajstić information content (AvgIpc) is 3.52. The fourth-order valence-electron chi connectivity index (χ4n) is 6.83. The predicted octanol–water partition coefficient (Wildman–Crippen LogP) is 4.63. The lowest BCUT2D eigenvalue weighted by Crippen LogP contribution is -2.35. The standard InChI is InChI=1S/C23H24N6/c1-10-18-17(28-26-10)7-6-16-21(18)19-11-2-3-12(8-11)20(19)22(25-16)13-4-5-15-14(9-13)23(24)29-27-15/h4-7,9,11-12,19-20,22,25H,2-3,8H2,1H3,(H,26,28)(H3,24,27,29)/t11?,12-,19-,20+,22-/m0/s1. The van der Waals surface area contributed by atoms with Gasteiger partial charge in [-0.25, -0.2) is 0 Å². The number of hydrogen-bond donors (Lipinski definition) is 4. The molecule has 29 heavy (non-hydrogen) atoms. The number of nitrogens with zero attached hydrogens (tertiary/aromatic N) is 2. The van der Waals surface area contributed by atoms with E-state index < -0.39 is 0 Å². The van der Waals surface area contributed by atoms with Crippen LogP contribution in [0.5, 0.6) is 0 Å². The maximum absolute atomic E-state index is 6.11. The highest BCUT2D eigenvalue weighted by atomic mass is 15.1. The first-order chi connectivity index (χ1) is 14.2. The Balaban J connectivity index is 1.45. The molecule has 3 heterocycles. The van der Waals surface area contributed by atoms with Gasteiger partial charge in [0.2, 0.25) is 0 Å². The van der Waals surface area contributed by atoms with E-state index in [1.54, 1.807) is 0 Å². The summed E-state index contributed by atoms with van der Waals surface area (Å²) in [6.07, 6.45) is 4.07. The number of aromatic nitrogens is 4. The summed E-state index contributed by atoms with van der Waals surface area (Å²) in [5.41, 5.74) is 13.5. The van der Waals surface area contributed by atoms with Gasteiger partial charge in [-0.3, -0.25) is 10.2 Å². The molecule has 4 aromatic rings. The number of aromatic amines is 2. The fourth-order valence-corrected chi connectivity index (χ4v) is 6.83. The summed E-state index contributed by atoms with van der Waals surface area (Å²) in [4.78, 5) is 0. The number of H-pyrrole nitrogens is 2. The molecule has 0 amide bonds. The van der Waals surface area contributed by atoms with E-state index >= 15 is 0 Å². The lowest BCUT2D eigenvalue weighted by molar-refractivity contribution is 0.249. The van der Waals surface area contributed by atoms with Gasteiger partial charge in [0.25, 0.3) is 0 Å². The third-order valence-corrected chi connectivity index (χ3v) is 7.94. The van der Waals surface area contributed by atoms with E-state index in [1.165, 1.54) is 41.5 Å². The Morgan fingerprint density at radius 3 is 2.76 bits per heavy atom. The molecular weight excluding hydrogens is 360 g/mol. The molecule has 5 N–H and O–H groups in total. The van der Waals surface area contributed by atoms with Gasteiger partial charge in [0, 0.05) is 16.5 Å². The van der Waals surface area contributed by atoms with Crippen LogP contribution in [0.4, 0.5) is 11.5 Å². The van der Waals surface area contributed by atoms with Crippen LogP contribution in [-0.2, 0) is 0 Å². The average molecular weight is 384 g/mol. The van der Waals surface area contributed by atoms with Crippen molar-refractivity contribution in [2.45, 2.75) is 38.1 Å². The molecule has 6 nitrogen and oxygen atoms in total. The number of anilines is 2. The third kappa shape index (κ3) is 1.96. The van der Waals surface area contributed by atoms with E-state index in [4.69, 9.17) is 5.73 Å². The van der Waals surface area contributed by atoms with Crippen molar-refractivity contribution in [1.82, 2.24) is 20.4 Å². The van der Waals surface area contributed by atoms with Crippen molar-refractivity contribution in [3.05, 3.63) is 47.2 Å². The first-order valence-corrected chi connectivity index (χ1v) is 10.7. The van der Waals surface area contributed by atoms with Crippen molar-refractivity contribution in [3.8, 4) is 0 Å². The molecular formula is C23H24N6. The molecule has 2 aromatic heterocycles. The second-order valence-electron chi connectivity index (χ2n) is 9.23. The minimum atomic E-state index is 0.311. The molecule has 0 radical (unpaired) electrons. The second-order valence-corrected chi connectivity index (χ2v) is 9.23. The van der Waals surface area contributed by atoms with Crippen LogP contribution >= 0.6 is 0 Å². The van der Waals surface area contributed by atoms with Gasteiger partial charge in [-0.15, -0.1) is 0 Å². The molecule has 2 fully saturated rings. The normalized spacial score (nSPS) is 29.9. The topological polar surface area (TPSA) is 95.4 Å². The Morgan fingerprint density at radius 2 is 1.83 bits per heavy atom. The van der Waals surface area contributed by atoms with Crippen LogP contribution in [0.1, 0.15) is 48.0 Å². The second kappa shape index (κ2) is 5.32. The first-order valence-electron chi connectivity index (χ1n) is 10.7. The Labute approximate surface area is 168 Å². The van der Waals surface area contributed by atoms with Crippen LogP contribution in [-0.4, -0.2) is 20.4 Å². The maximum Gasteiger partial charge on any atom is 0.153 e. The van der Waals surface area contributed by atoms with E-state index in [2.05, 4.69) is 63.0 Å². The molecule has 2 saturated carbocycles. The van der Waals surface area contributed by atoms with E-state index in [-0.39, 0.29) is 0 Å². The molecule has 2 aromatic carbocycles. The number of hydrogen-bond acceptors (Lipinski definition) is 4. The zero-order valence-electron chi connectivity index (χ0n) is 16.4. The molecule has 0 spiro atoms. The molecule has 1 unspecified atom stereocenters. The molecule has 146 valence electrons. The summed E-state index contributed by atoms with van der Waals surface area (Å²) in [7, 11) is 0. The lowest BCUT2D eigenvalue weighted by Gasteiger charge is -2.44. The zero-order chi connectivity index (χ0) is 19.3. The summed E-state index contributed by atoms with van der Waals surface area (Å²) in [5, 5.41) is 21.3. The molecule has 1 aliphatic heterocycles.